The van der Waals surface area contributed by atoms with Crippen LogP contribution in [-0.4, -0.2) is 73.2 Å². The smallest absolute Gasteiger partial charge is 0.173 e. The summed E-state index contributed by atoms with van der Waals surface area (Å²) in [4.78, 5) is 0. The summed E-state index contributed by atoms with van der Waals surface area (Å²) >= 11 is 0. The summed E-state index contributed by atoms with van der Waals surface area (Å²) in [5.74, 6) is 0.397. The predicted molar refractivity (Wildman–Crippen MR) is 130 cm³/mol. The lowest BCUT2D eigenvalue weighted by molar-refractivity contribution is -0.220. The number of hydrogen-bond donors (Lipinski definition) is 7. The minimum atomic E-state index is -1.49. The fourth-order valence-corrected chi connectivity index (χ4v) is 3.97. The molecule has 0 aliphatic carbocycles. The van der Waals surface area contributed by atoms with E-state index in [4.69, 9.17) is 31.8 Å². The summed E-state index contributed by atoms with van der Waals surface area (Å²) in [7, 11) is 0. The Hall–Kier alpha value is -1.59. The molecule has 9 nitrogen and oxygen atoms in total. The van der Waals surface area contributed by atoms with Crippen LogP contribution in [-0.2, 0) is 9.47 Å². The number of aliphatic hydroxyl groups excluding tert-OH is 1. The summed E-state index contributed by atoms with van der Waals surface area (Å²) in [6.45, 7) is 9.52. The Balaban J connectivity index is 2.77. The lowest BCUT2D eigenvalue weighted by atomic mass is 9.85. The first-order chi connectivity index (χ1) is 15.6. The Morgan fingerprint density at radius 2 is 2.03 bits per heavy atom. The Bertz CT molecular complexity index is 611. The highest BCUT2D eigenvalue weighted by atomic mass is 19.1. The molecule has 33 heavy (non-hydrogen) atoms. The lowest BCUT2D eigenvalue weighted by Gasteiger charge is -2.37. The van der Waals surface area contributed by atoms with Gasteiger partial charge >= 0.3 is 0 Å². The number of nitrogens with two attached hydrogens (primary N) is 2. The molecule has 8 unspecified atom stereocenters. The third-order valence-corrected chi connectivity index (χ3v) is 6.12. The van der Waals surface area contributed by atoms with Crippen molar-refractivity contribution < 1.29 is 19.0 Å². The summed E-state index contributed by atoms with van der Waals surface area (Å²) in [6, 6.07) is -0.568. The normalized spacial score (nSPS) is 25.4. The fraction of sp³-hybridized carbons (Fsp3) is 0.826. The zero-order valence-corrected chi connectivity index (χ0v) is 20.4. The van der Waals surface area contributed by atoms with Gasteiger partial charge in [-0.1, -0.05) is 19.9 Å². The van der Waals surface area contributed by atoms with E-state index in [-0.39, 0.29) is 48.5 Å². The topological polar surface area (TPSA) is 162 Å². The van der Waals surface area contributed by atoms with Crippen molar-refractivity contribution in [3.63, 3.8) is 0 Å². The lowest BCUT2D eigenvalue weighted by Crippen LogP contribution is -2.51. The Kier molecular flexibility index (Phi) is 13.7. The average molecular weight is 473 g/mol. The highest BCUT2D eigenvalue weighted by Crippen LogP contribution is 2.26. The number of aliphatic hydroxyl groups is 1. The van der Waals surface area contributed by atoms with E-state index in [0.717, 1.165) is 19.3 Å². The molecule has 9 N–H and O–H groups in total. The van der Waals surface area contributed by atoms with Crippen molar-refractivity contribution in [3.8, 4) is 0 Å². The number of nitrogens with one attached hydrogen (secondary N) is 4. The first-order valence-electron chi connectivity index (χ1n) is 11.9. The third kappa shape index (κ3) is 10.5. The van der Waals surface area contributed by atoms with Gasteiger partial charge in [-0.3, -0.25) is 10.8 Å². The van der Waals surface area contributed by atoms with Gasteiger partial charge in [0.15, 0.2) is 6.29 Å². The van der Waals surface area contributed by atoms with Gasteiger partial charge in [0.2, 0.25) is 0 Å². The largest absolute Gasteiger partial charge is 0.382 e. The van der Waals surface area contributed by atoms with Gasteiger partial charge in [0, 0.05) is 25.6 Å². The molecule has 1 heterocycles. The van der Waals surface area contributed by atoms with Gasteiger partial charge in [-0.2, -0.15) is 0 Å². The minimum Gasteiger partial charge on any atom is -0.382 e. The van der Waals surface area contributed by atoms with E-state index in [1.54, 1.807) is 0 Å². The highest BCUT2D eigenvalue weighted by Gasteiger charge is 2.32. The average Bonchev–Trinajstić information content (AvgIpc) is 2.81. The zero-order valence-electron chi connectivity index (χ0n) is 20.4. The molecule has 0 aromatic rings. The number of amidine groups is 2. The molecule has 0 aromatic heterocycles. The molecule has 10 heteroatoms. The number of alkyl halides is 1. The summed E-state index contributed by atoms with van der Waals surface area (Å²) in [6.07, 6.45) is 3.11. The van der Waals surface area contributed by atoms with Crippen molar-refractivity contribution in [1.82, 2.24) is 10.6 Å². The van der Waals surface area contributed by atoms with E-state index in [2.05, 4.69) is 17.2 Å². The van der Waals surface area contributed by atoms with Gasteiger partial charge in [0.1, 0.15) is 18.6 Å². The second-order valence-corrected chi connectivity index (χ2v) is 9.04. The van der Waals surface area contributed by atoms with E-state index in [0.29, 0.717) is 25.2 Å². The number of ether oxygens (including phenoxy) is 2. The fourth-order valence-electron chi connectivity index (χ4n) is 3.97. The van der Waals surface area contributed by atoms with E-state index >= 15 is 0 Å². The van der Waals surface area contributed by atoms with Crippen LogP contribution in [0.25, 0.3) is 0 Å². The number of hydrogen-bond acceptors (Lipinski definition) is 7. The van der Waals surface area contributed by atoms with Crippen LogP contribution in [0.4, 0.5) is 4.39 Å². The molecule has 0 bridgehead atoms. The maximum absolute atomic E-state index is 12.8. The molecule has 0 saturated carbocycles. The van der Waals surface area contributed by atoms with Crippen LogP contribution in [0, 0.1) is 22.7 Å². The molecule has 1 saturated heterocycles. The minimum absolute atomic E-state index is 0.00698. The molecule has 1 rings (SSSR count). The molecule has 192 valence electrons. The molecule has 0 amide bonds. The molecule has 1 fully saturated rings. The van der Waals surface area contributed by atoms with Crippen molar-refractivity contribution in [1.29, 1.82) is 10.8 Å². The van der Waals surface area contributed by atoms with Crippen LogP contribution < -0.4 is 22.1 Å². The predicted octanol–water partition coefficient (Wildman–Crippen LogP) is 1.64. The van der Waals surface area contributed by atoms with Crippen molar-refractivity contribution in [2.45, 2.75) is 89.6 Å². The van der Waals surface area contributed by atoms with Crippen LogP contribution in [0.5, 0.6) is 0 Å². The van der Waals surface area contributed by atoms with Gasteiger partial charge in [-0.05, 0) is 44.4 Å². The van der Waals surface area contributed by atoms with E-state index in [1.165, 1.54) is 0 Å². The SMILES string of the molecule is C=CC(C)CC(CC(C)OC1OC(CNC(=N)CC)CCC1N)C(CN)NC(=N)C(O)CF. The summed E-state index contributed by atoms with van der Waals surface area (Å²) in [5, 5.41) is 31.3. The Morgan fingerprint density at radius 1 is 1.33 bits per heavy atom. The Morgan fingerprint density at radius 3 is 2.61 bits per heavy atom. The quantitative estimate of drug-likeness (QED) is 0.108. The second kappa shape index (κ2) is 15.3. The number of rotatable bonds is 15. The maximum Gasteiger partial charge on any atom is 0.173 e. The molecular formula is C23H45FN6O3. The summed E-state index contributed by atoms with van der Waals surface area (Å²) < 4.78 is 25.0. The molecule has 0 aromatic carbocycles. The van der Waals surface area contributed by atoms with Crippen molar-refractivity contribution in [2.75, 3.05) is 19.8 Å². The van der Waals surface area contributed by atoms with Crippen LogP contribution in [0.1, 0.15) is 52.9 Å². The first kappa shape index (κ1) is 29.4. The van der Waals surface area contributed by atoms with Gasteiger partial charge in [-0.25, -0.2) is 4.39 Å². The Labute approximate surface area is 197 Å². The van der Waals surface area contributed by atoms with E-state index in [1.807, 2.05) is 26.8 Å². The second-order valence-electron chi connectivity index (χ2n) is 9.04. The van der Waals surface area contributed by atoms with Gasteiger partial charge in [0.25, 0.3) is 0 Å². The number of allylic oxidation sites excluding steroid dienone is 1. The monoisotopic (exact) mass is 472 g/mol. The third-order valence-electron chi connectivity index (χ3n) is 6.12. The molecule has 1 aliphatic heterocycles. The van der Waals surface area contributed by atoms with E-state index < -0.39 is 19.1 Å². The van der Waals surface area contributed by atoms with Gasteiger partial charge in [0.05, 0.1) is 24.1 Å². The molecule has 8 atom stereocenters. The van der Waals surface area contributed by atoms with Crippen LogP contribution in [0.15, 0.2) is 12.7 Å². The molecular weight excluding hydrogens is 427 g/mol. The van der Waals surface area contributed by atoms with Crippen molar-refractivity contribution >= 4 is 11.7 Å². The van der Waals surface area contributed by atoms with Crippen molar-refractivity contribution in [2.24, 2.45) is 23.3 Å². The number of halogens is 1. The van der Waals surface area contributed by atoms with Crippen LogP contribution >= 0.6 is 0 Å². The van der Waals surface area contributed by atoms with E-state index in [9.17, 15) is 9.50 Å². The highest BCUT2D eigenvalue weighted by molar-refractivity contribution is 5.83. The standard InChI is InChI=1S/C23H45FN6O3/c1-5-14(3)9-16(19(12-25)30-22(28)20(31)11-24)10-15(4)32-23-18(26)8-7-17(33-23)13-29-21(27)6-2/h5,14-20,23,31H,1,6-13,25-26H2,2-4H3,(H2,27,29)(H2,28,30). The van der Waals surface area contributed by atoms with Crippen LogP contribution in [0.2, 0.25) is 0 Å². The van der Waals surface area contributed by atoms with Gasteiger partial charge < -0.3 is 36.7 Å². The van der Waals surface area contributed by atoms with Crippen LogP contribution in [0.3, 0.4) is 0 Å². The van der Waals surface area contributed by atoms with Crippen molar-refractivity contribution in [3.05, 3.63) is 12.7 Å². The molecule has 0 spiro atoms. The summed E-state index contributed by atoms with van der Waals surface area (Å²) in [5.41, 5.74) is 12.2. The zero-order chi connectivity index (χ0) is 25.0. The van der Waals surface area contributed by atoms with Gasteiger partial charge in [-0.15, -0.1) is 6.58 Å². The maximum atomic E-state index is 12.8. The molecule has 0 radical (unpaired) electrons. The molecule has 1 aliphatic rings. The first-order valence-corrected chi connectivity index (χ1v) is 11.9.